The Bertz CT molecular complexity index is 399. The molecule has 2 fully saturated rings. The molecule has 0 bridgehead atoms. The molecule has 2 nitrogen and oxygen atoms in total. The summed E-state index contributed by atoms with van der Waals surface area (Å²) in [5.41, 5.74) is 9.60. The lowest BCUT2D eigenvalue weighted by atomic mass is 9.82. The van der Waals surface area contributed by atoms with E-state index in [1.807, 2.05) is 0 Å². The van der Waals surface area contributed by atoms with Crippen molar-refractivity contribution in [3.05, 3.63) is 23.8 Å². The number of nitrogen functional groups attached to an aromatic ring is 1. The molecule has 1 saturated carbocycles. The molecule has 17 heavy (non-hydrogen) atoms. The van der Waals surface area contributed by atoms with E-state index in [4.69, 9.17) is 5.73 Å². The molecule has 2 unspecified atom stereocenters. The largest absolute Gasteiger partial charge is 0.397 e. The van der Waals surface area contributed by atoms with Crippen LogP contribution in [0.2, 0.25) is 0 Å². The van der Waals surface area contributed by atoms with Crippen LogP contribution in [0.15, 0.2) is 18.2 Å². The minimum Gasteiger partial charge on any atom is -0.397 e. The van der Waals surface area contributed by atoms with Crippen LogP contribution in [0.25, 0.3) is 0 Å². The van der Waals surface area contributed by atoms with Crippen LogP contribution in [-0.2, 0) is 0 Å². The second-order valence-corrected chi connectivity index (χ2v) is 5.77. The van der Waals surface area contributed by atoms with Gasteiger partial charge in [-0.3, -0.25) is 0 Å². The van der Waals surface area contributed by atoms with Gasteiger partial charge in [-0.05, 0) is 49.3 Å². The lowest BCUT2D eigenvalue weighted by Gasteiger charge is -2.22. The van der Waals surface area contributed by atoms with E-state index in [-0.39, 0.29) is 0 Å². The molecule has 1 aliphatic heterocycles. The van der Waals surface area contributed by atoms with E-state index in [1.165, 1.54) is 50.0 Å². The normalized spacial score (nSPS) is 28.2. The topological polar surface area (TPSA) is 29.3 Å². The molecule has 1 aromatic rings. The number of hydrogen-bond acceptors (Lipinski definition) is 2. The molecule has 1 heterocycles. The highest BCUT2D eigenvalue weighted by atomic mass is 15.2. The van der Waals surface area contributed by atoms with E-state index in [0.717, 1.165) is 17.5 Å². The second-order valence-electron chi connectivity index (χ2n) is 5.77. The zero-order valence-electron chi connectivity index (χ0n) is 10.7. The van der Waals surface area contributed by atoms with Crippen LogP contribution in [0.3, 0.4) is 0 Å². The summed E-state index contributed by atoms with van der Waals surface area (Å²) >= 11 is 0. The Balaban J connectivity index is 1.81. The van der Waals surface area contributed by atoms with Crippen LogP contribution >= 0.6 is 0 Å². The number of fused-ring (bicyclic) bond motifs is 1. The summed E-state index contributed by atoms with van der Waals surface area (Å²) in [5, 5.41) is 0. The van der Waals surface area contributed by atoms with Crippen molar-refractivity contribution in [2.24, 2.45) is 11.8 Å². The summed E-state index contributed by atoms with van der Waals surface area (Å²) in [7, 11) is 0. The zero-order chi connectivity index (χ0) is 11.8. The highest BCUT2D eigenvalue weighted by Gasteiger charge is 2.34. The number of rotatable bonds is 1. The van der Waals surface area contributed by atoms with Gasteiger partial charge in [-0.1, -0.05) is 18.9 Å². The van der Waals surface area contributed by atoms with E-state index in [0.29, 0.717) is 0 Å². The Morgan fingerprint density at radius 1 is 1.12 bits per heavy atom. The van der Waals surface area contributed by atoms with Crippen LogP contribution in [0, 0.1) is 18.8 Å². The van der Waals surface area contributed by atoms with Gasteiger partial charge in [0.25, 0.3) is 0 Å². The summed E-state index contributed by atoms with van der Waals surface area (Å²) in [4.78, 5) is 2.51. The third-order valence-corrected chi connectivity index (χ3v) is 4.50. The third-order valence-electron chi connectivity index (χ3n) is 4.50. The lowest BCUT2D eigenvalue weighted by molar-refractivity contribution is 0.299. The van der Waals surface area contributed by atoms with Crippen LogP contribution in [-0.4, -0.2) is 13.1 Å². The predicted octanol–water partition coefficient (Wildman–Crippen LogP) is 3.20. The van der Waals surface area contributed by atoms with E-state index < -0.39 is 0 Å². The predicted molar refractivity (Wildman–Crippen MR) is 73.3 cm³/mol. The molecule has 2 heteroatoms. The molecule has 0 amide bonds. The Kier molecular flexibility index (Phi) is 2.73. The number of aryl methyl sites for hydroxylation is 1. The molecule has 0 spiro atoms. The second kappa shape index (κ2) is 4.25. The van der Waals surface area contributed by atoms with E-state index in [1.54, 1.807) is 0 Å². The smallest absolute Gasteiger partial charge is 0.0600 e. The molecule has 0 aromatic heterocycles. The zero-order valence-corrected chi connectivity index (χ0v) is 10.7. The molecule has 2 atom stereocenters. The number of benzene rings is 1. The fourth-order valence-electron chi connectivity index (χ4n) is 3.56. The minimum absolute atomic E-state index is 0.921. The van der Waals surface area contributed by atoms with Crippen molar-refractivity contribution in [2.45, 2.75) is 32.6 Å². The van der Waals surface area contributed by atoms with Gasteiger partial charge in [0.2, 0.25) is 0 Å². The molecule has 2 N–H and O–H groups in total. The first-order valence-corrected chi connectivity index (χ1v) is 6.85. The summed E-state index contributed by atoms with van der Waals surface area (Å²) in [5.74, 6) is 1.84. The van der Waals surface area contributed by atoms with Crippen LogP contribution in [0.1, 0.15) is 31.2 Å². The van der Waals surface area contributed by atoms with Gasteiger partial charge in [0.1, 0.15) is 0 Å². The fraction of sp³-hybridized carbons (Fsp3) is 0.600. The molecular formula is C15H22N2. The van der Waals surface area contributed by atoms with Crippen molar-refractivity contribution in [3.63, 3.8) is 0 Å². The number of nitrogens with zero attached hydrogens (tertiary/aromatic N) is 1. The van der Waals surface area contributed by atoms with Gasteiger partial charge >= 0.3 is 0 Å². The molecule has 1 saturated heterocycles. The number of hydrogen-bond donors (Lipinski definition) is 1. The minimum atomic E-state index is 0.921. The molecule has 92 valence electrons. The maximum Gasteiger partial charge on any atom is 0.0600 e. The Hall–Kier alpha value is -1.18. The first kappa shape index (κ1) is 10.9. The maximum absolute atomic E-state index is 6.15. The van der Waals surface area contributed by atoms with E-state index in [9.17, 15) is 0 Å². The van der Waals surface area contributed by atoms with Crippen molar-refractivity contribution >= 4 is 11.4 Å². The first-order valence-electron chi connectivity index (χ1n) is 6.85. The Morgan fingerprint density at radius 3 is 2.35 bits per heavy atom. The van der Waals surface area contributed by atoms with E-state index in [2.05, 4.69) is 30.0 Å². The van der Waals surface area contributed by atoms with Gasteiger partial charge in [-0.15, -0.1) is 0 Å². The van der Waals surface area contributed by atoms with Gasteiger partial charge < -0.3 is 10.6 Å². The molecule has 1 aromatic carbocycles. The Morgan fingerprint density at radius 2 is 1.76 bits per heavy atom. The quantitative estimate of drug-likeness (QED) is 0.751. The van der Waals surface area contributed by atoms with Crippen LogP contribution in [0.5, 0.6) is 0 Å². The summed E-state index contributed by atoms with van der Waals surface area (Å²) in [6.07, 6.45) is 5.70. The summed E-state index contributed by atoms with van der Waals surface area (Å²) in [6, 6.07) is 6.47. The van der Waals surface area contributed by atoms with Crippen molar-refractivity contribution in [1.82, 2.24) is 0 Å². The van der Waals surface area contributed by atoms with Gasteiger partial charge in [0, 0.05) is 13.1 Å². The molecule has 3 rings (SSSR count). The van der Waals surface area contributed by atoms with E-state index >= 15 is 0 Å². The lowest BCUT2D eigenvalue weighted by Crippen LogP contribution is -2.21. The van der Waals surface area contributed by atoms with Crippen molar-refractivity contribution < 1.29 is 0 Å². The monoisotopic (exact) mass is 230 g/mol. The van der Waals surface area contributed by atoms with Crippen molar-refractivity contribution in [1.29, 1.82) is 0 Å². The maximum atomic E-state index is 6.15. The number of anilines is 2. The fourth-order valence-corrected chi connectivity index (χ4v) is 3.56. The Labute approximate surface area is 104 Å². The highest BCUT2D eigenvalue weighted by molar-refractivity contribution is 5.68. The van der Waals surface area contributed by atoms with Crippen molar-refractivity contribution in [2.75, 3.05) is 23.7 Å². The average molecular weight is 230 g/mol. The molecule has 0 radical (unpaired) electrons. The summed E-state index contributed by atoms with van der Waals surface area (Å²) < 4.78 is 0. The van der Waals surface area contributed by atoms with Gasteiger partial charge in [-0.2, -0.15) is 0 Å². The summed E-state index contributed by atoms with van der Waals surface area (Å²) in [6.45, 7) is 4.54. The van der Waals surface area contributed by atoms with Gasteiger partial charge in [-0.25, -0.2) is 0 Å². The van der Waals surface area contributed by atoms with Crippen LogP contribution in [0.4, 0.5) is 11.4 Å². The molecule has 2 aliphatic rings. The SMILES string of the molecule is Cc1ccc(N2CC3CCCCC3C2)c(N)c1. The number of nitrogens with two attached hydrogens (primary N) is 1. The van der Waals surface area contributed by atoms with Crippen molar-refractivity contribution in [3.8, 4) is 0 Å². The van der Waals surface area contributed by atoms with Crippen LogP contribution < -0.4 is 10.6 Å². The molecular weight excluding hydrogens is 208 g/mol. The standard InChI is InChI=1S/C15H22N2/c1-11-6-7-15(14(16)8-11)17-9-12-4-2-3-5-13(12)10-17/h6-8,12-13H,2-5,9-10,16H2,1H3. The van der Waals surface area contributed by atoms with Gasteiger partial charge in [0.05, 0.1) is 11.4 Å². The average Bonchev–Trinajstić information content (AvgIpc) is 2.72. The highest BCUT2D eigenvalue weighted by Crippen LogP contribution is 2.39. The third kappa shape index (κ3) is 2.01. The first-order chi connectivity index (χ1) is 8.24. The molecule has 1 aliphatic carbocycles. The van der Waals surface area contributed by atoms with Gasteiger partial charge in [0.15, 0.2) is 0 Å².